The minimum atomic E-state index is -3.88. The number of aryl methyl sites for hydroxylation is 1. The number of hydrogen-bond donors (Lipinski definition) is 3. The molecule has 11 heteroatoms. The molecular weight excluding hydrogens is 450 g/mol. The zero-order chi connectivity index (χ0) is 25.2. The van der Waals surface area contributed by atoms with Crippen LogP contribution in [0.5, 0.6) is 0 Å². The number of guanidine groups is 1. The fraction of sp³-hybridized carbons (Fsp3) is 0.545. The number of ether oxygens (including phenoxy) is 1. The standard InChI is InChI=1S/C22H33N3O7S/c1-15-10-12-16(13-11-15)33(30,31)25-21(23)24-14-6-7-17(20(29)32-22(2,3)4)18(26)8-5-9-19(27)28/h10-13,17H,5-9,14H2,1-4H3,(H,27,28)(H3,23,24,25). The number of rotatable bonds is 12. The van der Waals surface area contributed by atoms with Gasteiger partial charge in [-0.05, 0) is 59.1 Å². The van der Waals surface area contributed by atoms with Crippen LogP contribution in [0.2, 0.25) is 0 Å². The van der Waals surface area contributed by atoms with Gasteiger partial charge < -0.3 is 15.6 Å². The van der Waals surface area contributed by atoms with Crippen LogP contribution in [-0.4, -0.2) is 49.4 Å². The summed E-state index contributed by atoms with van der Waals surface area (Å²) in [5.74, 6) is -3.47. The van der Waals surface area contributed by atoms with Gasteiger partial charge in [-0.15, -0.1) is 0 Å². The lowest BCUT2D eigenvalue weighted by atomic mass is 9.94. The summed E-state index contributed by atoms with van der Waals surface area (Å²) in [7, 11) is -3.88. The number of carboxylic acid groups (broad SMARTS) is 1. The van der Waals surface area contributed by atoms with E-state index in [0.717, 1.165) is 5.56 Å². The molecule has 0 saturated carbocycles. The summed E-state index contributed by atoms with van der Waals surface area (Å²) in [6.07, 6.45) is 0.274. The summed E-state index contributed by atoms with van der Waals surface area (Å²) in [5.41, 5.74) is 5.81. The minimum absolute atomic E-state index is 0.0446. The molecule has 0 bridgehead atoms. The first kappa shape index (κ1) is 28.1. The summed E-state index contributed by atoms with van der Waals surface area (Å²) in [5, 5.41) is 8.74. The van der Waals surface area contributed by atoms with E-state index in [1.165, 1.54) is 12.1 Å². The smallest absolute Gasteiger partial charge is 0.316 e. The first-order chi connectivity index (χ1) is 15.2. The highest BCUT2D eigenvalue weighted by Crippen LogP contribution is 2.19. The lowest BCUT2D eigenvalue weighted by molar-refractivity contribution is -0.162. The van der Waals surface area contributed by atoms with Gasteiger partial charge in [0, 0.05) is 19.4 Å². The van der Waals surface area contributed by atoms with Crippen molar-refractivity contribution < 1.29 is 32.6 Å². The Hall–Kier alpha value is -2.95. The van der Waals surface area contributed by atoms with E-state index in [9.17, 15) is 22.8 Å². The van der Waals surface area contributed by atoms with E-state index in [4.69, 9.17) is 15.6 Å². The van der Waals surface area contributed by atoms with E-state index in [1.54, 1.807) is 32.9 Å². The first-order valence-electron chi connectivity index (χ1n) is 10.6. The SMILES string of the molecule is Cc1ccc(S(=O)(=O)NC(N)=NCCCC(C(=O)CCCC(=O)O)C(=O)OC(C)(C)C)cc1. The Morgan fingerprint density at radius 1 is 1.12 bits per heavy atom. The molecule has 0 aliphatic carbocycles. The van der Waals surface area contributed by atoms with Crippen molar-refractivity contribution in [3.63, 3.8) is 0 Å². The van der Waals surface area contributed by atoms with Gasteiger partial charge in [-0.2, -0.15) is 0 Å². The maximum Gasteiger partial charge on any atom is 0.316 e. The molecule has 0 aliphatic heterocycles. The highest BCUT2D eigenvalue weighted by atomic mass is 32.2. The van der Waals surface area contributed by atoms with Gasteiger partial charge in [0.25, 0.3) is 10.0 Å². The van der Waals surface area contributed by atoms with Crippen molar-refractivity contribution in [2.75, 3.05) is 6.54 Å². The molecule has 0 spiro atoms. The highest BCUT2D eigenvalue weighted by molar-refractivity contribution is 7.90. The lowest BCUT2D eigenvalue weighted by Crippen LogP contribution is -2.37. The zero-order valence-corrected chi connectivity index (χ0v) is 20.3. The molecular formula is C22H33N3O7S. The molecule has 33 heavy (non-hydrogen) atoms. The normalized spacial score (nSPS) is 13.3. The second-order valence-electron chi connectivity index (χ2n) is 8.63. The van der Waals surface area contributed by atoms with Gasteiger partial charge in [0.05, 0.1) is 4.90 Å². The van der Waals surface area contributed by atoms with Gasteiger partial charge in [-0.3, -0.25) is 19.4 Å². The van der Waals surface area contributed by atoms with Gasteiger partial charge in [0.15, 0.2) is 0 Å². The van der Waals surface area contributed by atoms with Crippen molar-refractivity contribution in [2.24, 2.45) is 16.6 Å². The average molecular weight is 484 g/mol. The van der Waals surface area contributed by atoms with Crippen molar-refractivity contribution in [3.8, 4) is 0 Å². The fourth-order valence-electron chi connectivity index (χ4n) is 2.81. The number of hydrogen-bond acceptors (Lipinski definition) is 7. The topological polar surface area (TPSA) is 165 Å². The number of nitrogens with one attached hydrogen (secondary N) is 1. The van der Waals surface area contributed by atoms with E-state index >= 15 is 0 Å². The van der Waals surface area contributed by atoms with Gasteiger partial charge in [-0.1, -0.05) is 17.7 Å². The van der Waals surface area contributed by atoms with E-state index in [0.29, 0.717) is 0 Å². The third-order valence-electron chi connectivity index (χ3n) is 4.40. The van der Waals surface area contributed by atoms with Crippen LogP contribution in [0.1, 0.15) is 58.4 Å². The Balaban J connectivity index is 2.72. The summed E-state index contributed by atoms with van der Waals surface area (Å²) in [4.78, 5) is 39.7. The third-order valence-corrected chi connectivity index (χ3v) is 5.77. The Bertz CT molecular complexity index is 965. The van der Waals surface area contributed by atoms with Crippen LogP contribution in [0.4, 0.5) is 0 Å². The zero-order valence-electron chi connectivity index (χ0n) is 19.5. The third kappa shape index (κ3) is 11.0. The number of benzene rings is 1. The largest absolute Gasteiger partial charge is 0.481 e. The van der Waals surface area contributed by atoms with Crippen molar-refractivity contribution >= 4 is 33.7 Å². The van der Waals surface area contributed by atoms with Crippen LogP contribution in [0.25, 0.3) is 0 Å². The predicted octanol–water partition coefficient (Wildman–Crippen LogP) is 2.15. The molecule has 4 N–H and O–H groups in total. The number of carbonyl (C=O) groups excluding carboxylic acids is 2. The van der Waals surface area contributed by atoms with Crippen molar-refractivity contribution in [2.45, 2.75) is 70.3 Å². The number of ketones is 1. The number of esters is 1. The molecule has 0 saturated heterocycles. The summed E-state index contributed by atoms with van der Waals surface area (Å²) < 4.78 is 32.2. The molecule has 0 amide bonds. The van der Waals surface area contributed by atoms with Crippen LogP contribution < -0.4 is 10.5 Å². The predicted molar refractivity (Wildman–Crippen MR) is 123 cm³/mol. The number of sulfonamides is 1. The Morgan fingerprint density at radius 3 is 2.27 bits per heavy atom. The molecule has 0 fully saturated rings. The van der Waals surface area contributed by atoms with Gasteiger partial charge in [0.1, 0.15) is 17.3 Å². The molecule has 1 unspecified atom stereocenters. The summed E-state index contributed by atoms with van der Waals surface area (Å²) in [6.45, 7) is 6.96. The molecule has 0 aliphatic rings. The van der Waals surface area contributed by atoms with Crippen LogP contribution in [0, 0.1) is 12.8 Å². The number of carbonyl (C=O) groups is 3. The first-order valence-corrected chi connectivity index (χ1v) is 12.1. The van der Waals surface area contributed by atoms with Gasteiger partial charge >= 0.3 is 11.9 Å². The monoisotopic (exact) mass is 483 g/mol. The highest BCUT2D eigenvalue weighted by Gasteiger charge is 2.30. The van der Waals surface area contributed by atoms with Crippen molar-refractivity contribution in [3.05, 3.63) is 29.8 Å². The summed E-state index contributed by atoms with van der Waals surface area (Å²) in [6, 6.07) is 6.22. The number of nitrogens with zero attached hydrogens (tertiary/aromatic N) is 1. The number of nitrogens with two attached hydrogens (primary N) is 1. The molecule has 184 valence electrons. The van der Waals surface area contributed by atoms with E-state index in [2.05, 4.69) is 9.71 Å². The maximum atomic E-state index is 12.5. The molecule has 1 rings (SSSR count). The second-order valence-corrected chi connectivity index (χ2v) is 10.3. The Kier molecular flexibility index (Phi) is 10.5. The minimum Gasteiger partial charge on any atom is -0.481 e. The van der Waals surface area contributed by atoms with Crippen molar-refractivity contribution in [1.82, 2.24) is 4.72 Å². The summed E-state index contributed by atoms with van der Waals surface area (Å²) >= 11 is 0. The molecule has 10 nitrogen and oxygen atoms in total. The second kappa shape index (κ2) is 12.3. The number of aliphatic imine (C=N–C) groups is 1. The van der Waals surface area contributed by atoms with Crippen LogP contribution in [0.3, 0.4) is 0 Å². The van der Waals surface area contributed by atoms with E-state index < -0.39 is 39.3 Å². The molecule has 0 radical (unpaired) electrons. The van der Waals surface area contributed by atoms with E-state index in [-0.39, 0.29) is 49.5 Å². The van der Waals surface area contributed by atoms with Crippen LogP contribution >= 0.6 is 0 Å². The average Bonchev–Trinajstić information content (AvgIpc) is 2.66. The molecule has 1 aromatic carbocycles. The number of aliphatic carboxylic acids is 1. The Morgan fingerprint density at radius 2 is 1.73 bits per heavy atom. The maximum absolute atomic E-state index is 12.5. The van der Waals surface area contributed by atoms with Crippen LogP contribution in [0.15, 0.2) is 34.2 Å². The number of carboxylic acids is 1. The quantitative estimate of drug-likeness (QED) is 0.134. The van der Waals surface area contributed by atoms with Gasteiger partial charge in [0.2, 0.25) is 5.96 Å². The van der Waals surface area contributed by atoms with Gasteiger partial charge in [-0.25, -0.2) is 13.1 Å². The molecule has 1 atom stereocenters. The molecule has 0 heterocycles. The molecule has 1 aromatic rings. The number of Topliss-reactive ketones (excluding diaryl/α,β-unsaturated/α-hetero) is 1. The fourth-order valence-corrected chi connectivity index (χ4v) is 3.76. The molecule has 0 aromatic heterocycles. The van der Waals surface area contributed by atoms with Crippen LogP contribution in [-0.2, 0) is 29.1 Å². The van der Waals surface area contributed by atoms with E-state index in [1.807, 2.05) is 6.92 Å². The lowest BCUT2D eigenvalue weighted by Gasteiger charge is -2.23. The Labute approximate surface area is 194 Å². The van der Waals surface area contributed by atoms with Crippen molar-refractivity contribution in [1.29, 1.82) is 0 Å².